The predicted molar refractivity (Wildman–Crippen MR) is 103 cm³/mol. The van der Waals surface area contributed by atoms with Crippen LogP contribution in [0.15, 0.2) is 18.2 Å². The monoisotopic (exact) mass is 335 g/mol. The molecule has 0 aliphatic carbocycles. The zero-order chi connectivity index (χ0) is 17.2. The highest BCUT2D eigenvalue weighted by molar-refractivity contribution is 7.80. The average molecular weight is 336 g/mol. The minimum absolute atomic E-state index is 0.0200. The maximum atomic E-state index is 11.8. The number of hydrogen-bond donors (Lipinski definition) is 2. The van der Waals surface area contributed by atoms with E-state index in [4.69, 9.17) is 12.2 Å². The van der Waals surface area contributed by atoms with Crippen molar-refractivity contribution in [2.24, 2.45) is 0 Å². The minimum Gasteiger partial charge on any atom is -0.372 e. The largest absolute Gasteiger partial charge is 0.372 e. The fourth-order valence-corrected chi connectivity index (χ4v) is 2.68. The number of anilines is 2. The number of thiocarbonyl (C=S) groups is 1. The van der Waals surface area contributed by atoms with E-state index in [1.165, 1.54) is 5.69 Å². The summed E-state index contributed by atoms with van der Waals surface area (Å²) in [7, 11) is 0. The zero-order valence-corrected chi connectivity index (χ0v) is 15.6. The molecule has 1 rings (SSSR count). The number of amides is 1. The summed E-state index contributed by atoms with van der Waals surface area (Å²) in [5.74, 6) is -0.0200. The second kappa shape index (κ2) is 10.2. The molecule has 0 bridgehead atoms. The molecule has 0 atom stereocenters. The average Bonchev–Trinajstić information content (AvgIpc) is 2.51. The van der Waals surface area contributed by atoms with Gasteiger partial charge in [0.1, 0.15) is 0 Å². The molecule has 0 aliphatic heterocycles. The molecule has 0 aromatic heterocycles. The minimum atomic E-state index is -0.0200. The number of rotatable bonds is 8. The Morgan fingerprint density at radius 3 is 2.43 bits per heavy atom. The van der Waals surface area contributed by atoms with Crippen molar-refractivity contribution in [1.82, 2.24) is 5.32 Å². The van der Waals surface area contributed by atoms with Crippen molar-refractivity contribution in [3.63, 3.8) is 0 Å². The van der Waals surface area contributed by atoms with Gasteiger partial charge < -0.3 is 15.5 Å². The lowest BCUT2D eigenvalue weighted by Gasteiger charge is -2.22. The first-order valence-corrected chi connectivity index (χ1v) is 8.89. The van der Waals surface area contributed by atoms with Crippen LogP contribution >= 0.6 is 12.2 Å². The third kappa shape index (κ3) is 6.57. The van der Waals surface area contributed by atoms with E-state index in [1.807, 2.05) is 13.0 Å². The standard InChI is InChI=1S/C18H29N3OS/c1-5-8-9-10-17(22)20-18(23)19-16-12-11-15(13-14(16)4)21(6-2)7-3/h11-13H,5-10H2,1-4H3,(H2,19,20,22,23). The highest BCUT2D eigenvalue weighted by atomic mass is 32.1. The van der Waals surface area contributed by atoms with Gasteiger partial charge in [0.15, 0.2) is 5.11 Å². The third-order valence-electron chi connectivity index (χ3n) is 3.85. The van der Waals surface area contributed by atoms with Crippen molar-refractivity contribution >= 4 is 34.6 Å². The second-order valence-electron chi connectivity index (χ2n) is 5.63. The van der Waals surface area contributed by atoms with Crippen LogP contribution in [0.25, 0.3) is 0 Å². The van der Waals surface area contributed by atoms with Crippen LogP contribution in [0.5, 0.6) is 0 Å². The van der Waals surface area contributed by atoms with Crippen molar-refractivity contribution in [3.8, 4) is 0 Å². The molecule has 1 amide bonds. The van der Waals surface area contributed by atoms with Crippen molar-refractivity contribution in [2.45, 2.75) is 53.4 Å². The molecule has 2 N–H and O–H groups in total. The van der Waals surface area contributed by atoms with E-state index in [0.717, 1.165) is 43.6 Å². The summed E-state index contributed by atoms with van der Waals surface area (Å²) in [6.45, 7) is 10.4. The summed E-state index contributed by atoms with van der Waals surface area (Å²) >= 11 is 5.23. The van der Waals surface area contributed by atoms with Crippen molar-refractivity contribution < 1.29 is 4.79 Å². The molecule has 128 valence electrons. The molecule has 0 fully saturated rings. The first-order chi connectivity index (χ1) is 11.0. The van der Waals surface area contributed by atoms with E-state index < -0.39 is 0 Å². The maximum absolute atomic E-state index is 11.8. The molecule has 5 heteroatoms. The Morgan fingerprint density at radius 2 is 1.87 bits per heavy atom. The van der Waals surface area contributed by atoms with Gasteiger partial charge in [-0.1, -0.05) is 19.8 Å². The van der Waals surface area contributed by atoms with E-state index in [0.29, 0.717) is 11.5 Å². The van der Waals surface area contributed by atoms with Gasteiger partial charge in [0.25, 0.3) is 0 Å². The van der Waals surface area contributed by atoms with Crippen LogP contribution in [0, 0.1) is 6.92 Å². The number of nitrogens with one attached hydrogen (secondary N) is 2. The van der Waals surface area contributed by atoms with Gasteiger partial charge in [0, 0.05) is 30.9 Å². The van der Waals surface area contributed by atoms with Crippen LogP contribution in [0.2, 0.25) is 0 Å². The number of aryl methyl sites for hydroxylation is 1. The third-order valence-corrected chi connectivity index (χ3v) is 4.05. The van der Waals surface area contributed by atoms with Crippen LogP contribution in [-0.4, -0.2) is 24.1 Å². The molecule has 0 saturated carbocycles. The van der Waals surface area contributed by atoms with Crippen LogP contribution < -0.4 is 15.5 Å². The lowest BCUT2D eigenvalue weighted by molar-refractivity contribution is -0.119. The molecule has 1 aromatic carbocycles. The van der Waals surface area contributed by atoms with Gasteiger partial charge in [-0.15, -0.1) is 0 Å². The Bertz CT molecular complexity index is 527. The van der Waals surface area contributed by atoms with Gasteiger partial charge in [-0.3, -0.25) is 4.79 Å². The van der Waals surface area contributed by atoms with E-state index >= 15 is 0 Å². The molecule has 23 heavy (non-hydrogen) atoms. The van der Waals surface area contributed by atoms with Crippen molar-refractivity contribution in [3.05, 3.63) is 23.8 Å². The number of nitrogens with zero attached hydrogens (tertiary/aromatic N) is 1. The summed E-state index contributed by atoms with van der Waals surface area (Å²) in [6, 6.07) is 6.23. The first-order valence-electron chi connectivity index (χ1n) is 8.48. The van der Waals surface area contributed by atoms with Gasteiger partial charge in [0.05, 0.1) is 0 Å². The van der Waals surface area contributed by atoms with Crippen LogP contribution in [0.1, 0.15) is 52.0 Å². The smallest absolute Gasteiger partial charge is 0.226 e. The summed E-state index contributed by atoms with van der Waals surface area (Å²) in [4.78, 5) is 14.1. The fourth-order valence-electron chi connectivity index (χ4n) is 2.45. The van der Waals surface area contributed by atoms with E-state index in [9.17, 15) is 4.79 Å². The molecular weight excluding hydrogens is 306 g/mol. The van der Waals surface area contributed by atoms with Crippen LogP contribution in [0.3, 0.4) is 0 Å². The first kappa shape index (κ1) is 19.4. The molecular formula is C18H29N3OS. The molecule has 0 heterocycles. The molecule has 4 nitrogen and oxygen atoms in total. The molecule has 0 unspecified atom stereocenters. The van der Waals surface area contributed by atoms with Gasteiger partial charge in [-0.25, -0.2) is 0 Å². The summed E-state index contributed by atoms with van der Waals surface area (Å²) < 4.78 is 0. The number of benzene rings is 1. The van der Waals surface area contributed by atoms with Gasteiger partial charge in [-0.2, -0.15) is 0 Å². The molecule has 0 radical (unpaired) electrons. The highest BCUT2D eigenvalue weighted by Crippen LogP contribution is 2.22. The van der Waals surface area contributed by atoms with Crippen molar-refractivity contribution in [1.29, 1.82) is 0 Å². The van der Waals surface area contributed by atoms with E-state index in [-0.39, 0.29) is 5.91 Å². The molecule has 0 aliphatic rings. The summed E-state index contributed by atoms with van der Waals surface area (Å²) in [6.07, 6.45) is 3.60. The Balaban J connectivity index is 2.60. The number of unbranched alkanes of at least 4 members (excludes halogenated alkanes) is 2. The van der Waals surface area contributed by atoms with Gasteiger partial charge in [0.2, 0.25) is 5.91 Å². The van der Waals surface area contributed by atoms with E-state index in [1.54, 1.807) is 0 Å². The predicted octanol–water partition coefficient (Wildman–Crippen LogP) is 4.23. The van der Waals surface area contributed by atoms with Crippen molar-refractivity contribution in [2.75, 3.05) is 23.3 Å². The molecule has 0 saturated heterocycles. The topological polar surface area (TPSA) is 44.4 Å². The number of hydrogen-bond acceptors (Lipinski definition) is 3. The lowest BCUT2D eigenvalue weighted by Crippen LogP contribution is -2.34. The van der Waals surface area contributed by atoms with Crippen LogP contribution in [-0.2, 0) is 4.79 Å². The Morgan fingerprint density at radius 1 is 1.17 bits per heavy atom. The van der Waals surface area contributed by atoms with E-state index in [2.05, 4.69) is 48.4 Å². The van der Waals surface area contributed by atoms with Gasteiger partial charge >= 0.3 is 0 Å². The SMILES string of the molecule is CCCCCC(=O)NC(=S)Nc1ccc(N(CC)CC)cc1C. The second-order valence-corrected chi connectivity index (χ2v) is 6.04. The van der Waals surface area contributed by atoms with Crippen LogP contribution in [0.4, 0.5) is 11.4 Å². The highest BCUT2D eigenvalue weighted by Gasteiger charge is 2.08. The quantitative estimate of drug-likeness (QED) is 0.551. The fraction of sp³-hybridized carbons (Fsp3) is 0.556. The Kier molecular flexibility index (Phi) is 8.62. The summed E-state index contributed by atoms with van der Waals surface area (Å²) in [5, 5.41) is 6.23. The lowest BCUT2D eigenvalue weighted by atomic mass is 10.1. The molecule has 1 aromatic rings. The number of carbonyl (C=O) groups excluding carboxylic acids is 1. The zero-order valence-electron chi connectivity index (χ0n) is 14.7. The maximum Gasteiger partial charge on any atom is 0.226 e. The Labute approximate surface area is 145 Å². The molecule has 0 spiro atoms. The number of carbonyl (C=O) groups is 1. The Hall–Kier alpha value is -1.62. The van der Waals surface area contributed by atoms with Gasteiger partial charge in [-0.05, 0) is 63.2 Å². The summed E-state index contributed by atoms with van der Waals surface area (Å²) in [5.41, 5.74) is 3.24. The normalized spacial score (nSPS) is 10.3.